The van der Waals surface area contributed by atoms with Gasteiger partial charge in [0.1, 0.15) is 0 Å². The number of carbonyl (C=O) groups is 1. The number of hydrogen-bond acceptors (Lipinski definition) is 4. The Balaban J connectivity index is 2.42. The molecule has 1 aromatic rings. The Morgan fingerprint density at radius 2 is 2.00 bits per heavy atom. The van der Waals surface area contributed by atoms with Gasteiger partial charge >= 0.3 is 0 Å². The summed E-state index contributed by atoms with van der Waals surface area (Å²) >= 11 is 7.53. The van der Waals surface area contributed by atoms with Gasteiger partial charge in [-0.05, 0) is 18.6 Å². The van der Waals surface area contributed by atoms with Gasteiger partial charge in [-0.2, -0.15) is 0 Å². The Morgan fingerprint density at radius 1 is 1.35 bits per heavy atom. The number of amides is 1. The lowest BCUT2D eigenvalue weighted by Crippen LogP contribution is -2.53. The highest BCUT2D eigenvalue weighted by Gasteiger charge is 2.28. The van der Waals surface area contributed by atoms with Gasteiger partial charge in [-0.25, -0.2) is 0 Å². The molecular weight excluding hydrogens is 298 g/mol. The fraction of sp³-hybridized carbons (Fsp3) is 0.500. The molecule has 0 aliphatic heterocycles. The second-order valence-corrected chi connectivity index (χ2v) is 6.07. The second-order valence-electron chi connectivity index (χ2n) is 4.53. The van der Waals surface area contributed by atoms with Crippen molar-refractivity contribution in [2.75, 3.05) is 19.0 Å². The Labute approximate surface area is 128 Å². The highest BCUT2D eigenvalue weighted by molar-refractivity contribution is 7.99. The van der Waals surface area contributed by atoms with Gasteiger partial charge < -0.3 is 15.5 Å². The monoisotopic (exact) mass is 317 g/mol. The molecular formula is C14H20ClNO3S. The number of aliphatic hydroxyl groups is 2. The number of hydrogen-bond donors (Lipinski definition) is 3. The lowest BCUT2D eigenvalue weighted by atomic mass is 9.98. The van der Waals surface area contributed by atoms with Crippen LogP contribution < -0.4 is 5.32 Å². The predicted molar refractivity (Wildman–Crippen MR) is 82.1 cm³/mol. The van der Waals surface area contributed by atoms with Crippen LogP contribution in [0.5, 0.6) is 0 Å². The van der Waals surface area contributed by atoms with Gasteiger partial charge in [-0.1, -0.05) is 30.7 Å². The first-order chi connectivity index (χ1) is 9.56. The summed E-state index contributed by atoms with van der Waals surface area (Å²) in [5.74, 6) is 0.404. The standard InChI is InChI=1S/C14H20ClNO3S/c1-2-14(9-17,10-18)16-13(19)7-8-20-12-6-4-3-5-11(12)15/h3-6,17-18H,2,7-10H2,1H3,(H,16,19). The molecule has 0 saturated heterocycles. The fourth-order valence-corrected chi connectivity index (χ4v) is 2.80. The third-order valence-electron chi connectivity index (χ3n) is 3.11. The van der Waals surface area contributed by atoms with E-state index < -0.39 is 5.54 Å². The molecule has 0 aliphatic carbocycles. The van der Waals surface area contributed by atoms with Crippen LogP contribution in [0.3, 0.4) is 0 Å². The number of thioether (sulfide) groups is 1. The summed E-state index contributed by atoms with van der Waals surface area (Å²) in [6.07, 6.45) is 0.779. The summed E-state index contributed by atoms with van der Waals surface area (Å²) < 4.78 is 0. The van der Waals surface area contributed by atoms with Crippen molar-refractivity contribution < 1.29 is 15.0 Å². The molecule has 6 heteroatoms. The normalized spacial score (nSPS) is 11.4. The quantitative estimate of drug-likeness (QED) is 0.642. The van der Waals surface area contributed by atoms with Crippen molar-refractivity contribution in [3.63, 3.8) is 0 Å². The van der Waals surface area contributed by atoms with Crippen LogP contribution in [0.15, 0.2) is 29.2 Å². The van der Waals surface area contributed by atoms with Crippen molar-refractivity contribution in [3.8, 4) is 0 Å². The van der Waals surface area contributed by atoms with Crippen LogP contribution in [0.25, 0.3) is 0 Å². The molecule has 0 spiro atoms. The summed E-state index contributed by atoms with van der Waals surface area (Å²) in [6, 6.07) is 7.47. The molecule has 20 heavy (non-hydrogen) atoms. The van der Waals surface area contributed by atoms with Gasteiger partial charge in [-0.15, -0.1) is 11.8 Å². The molecule has 0 aliphatic rings. The number of nitrogens with one attached hydrogen (secondary N) is 1. The van der Waals surface area contributed by atoms with E-state index in [9.17, 15) is 15.0 Å². The number of benzene rings is 1. The first-order valence-corrected chi connectivity index (χ1v) is 7.83. The second kappa shape index (κ2) is 8.52. The van der Waals surface area contributed by atoms with Gasteiger partial charge in [0.25, 0.3) is 0 Å². The maximum absolute atomic E-state index is 11.8. The molecule has 4 nitrogen and oxygen atoms in total. The number of carbonyl (C=O) groups excluding carboxylic acids is 1. The molecule has 0 bridgehead atoms. The fourth-order valence-electron chi connectivity index (χ4n) is 1.61. The van der Waals surface area contributed by atoms with Crippen molar-refractivity contribution in [1.29, 1.82) is 0 Å². The van der Waals surface area contributed by atoms with Crippen LogP contribution in [0.2, 0.25) is 5.02 Å². The van der Waals surface area contributed by atoms with E-state index in [0.29, 0.717) is 23.6 Å². The summed E-state index contributed by atoms with van der Waals surface area (Å²) in [6.45, 7) is 1.26. The average molecular weight is 318 g/mol. The molecule has 1 aromatic carbocycles. The maximum Gasteiger partial charge on any atom is 0.221 e. The van der Waals surface area contributed by atoms with Gasteiger partial charge in [0.2, 0.25) is 5.91 Å². The van der Waals surface area contributed by atoms with Crippen LogP contribution in [-0.4, -0.2) is 40.6 Å². The summed E-state index contributed by atoms with van der Waals surface area (Å²) in [5, 5.41) is 21.9. The summed E-state index contributed by atoms with van der Waals surface area (Å²) in [7, 11) is 0. The molecule has 0 atom stereocenters. The molecule has 0 unspecified atom stereocenters. The maximum atomic E-state index is 11.8. The number of halogens is 1. The van der Waals surface area contributed by atoms with E-state index >= 15 is 0 Å². The van der Waals surface area contributed by atoms with Crippen LogP contribution >= 0.6 is 23.4 Å². The van der Waals surface area contributed by atoms with Crippen molar-refractivity contribution in [1.82, 2.24) is 5.32 Å². The van der Waals surface area contributed by atoms with Gasteiger partial charge in [0, 0.05) is 17.1 Å². The minimum absolute atomic E-state index is 0.186. The number of rotatable bonds is 8. The molecule has 1 amide bonds. The highest BCUT2D eigenvalue weighted by atomic mass is 35.5. The Bertz CT molecular complexity index is 430. The largest absolute Gasteiger partial charge is 0.394 e. The summed E-state index contributed by atoms with van der Waals surface area (Å²) in [4.78, 5) is 12.8. The van der Waals surface area contributed by atoms with E-state index in [0.717, 1.165) is 4.90 Å². The predicted octanol–water partition coefficient (Wildman–Crippen LogP) is 2.07. The van der Waals surface area contributed by atoms with Gasteiger partial charge in [0.15, 0.2) is 0 Å². The van der Waals surface area contributed by atoms with E-state index in [-0.39, 0.29) is 19.1 Å². The molecule has 3 N–H and O–H groups in total. The zero-order chi connectivity index (χ0) is 15.0. The summed E-state index contributed by atoms with van der Waals surface area (Å²) in [5.41, 5.74) is -0.924. The lowest BCUT2D eigenvalue weighted by molar-refractivity contribution is -0.124. The van der Waals surface area contributed by atoms with Crippen LogP contribution in [0.1, 0.15) is 19.8 Å². The smallest absolute Gasteiger partial charge is 0.221 e. The zero-order valence-corrected chi connectivity index (χ0v) is 13.0. The van der Waals surface area contributed by atoms with Crippen molar-refractivity contribution in [2.24, 2.45) is 0 Å². The minimum Gasteiger partial charge on any atom is -0.394 e. The van der Waals surface area contributed by atoms with Crippen molar-refractivity contribution >= 4 is 29.3 Å². The van der Waals surface area contributed by atoms with E-state index in [2.05, 4.69) is 5.32 Å². The van der Waals surface area contributed by atoms with Crippen LogP contribution in [0, 0.1) is 0 Å². The van der Waals surface area contributed by atoms with E-state index in [1.165, 1.54) is 11.8 Å². The third kappa shape index (κ3) is 4.98. The zero-order valence-electron chi connectivity index (χ0n) is 11.4. The van der Waals surface area contributed by atoms with Crippen molar-refractivity contribution in [3.05, 3.63) is 29.3 Å². The average Bonchev–Trinajstić information content (AvgIpc) is 2.47. The molecule has 0 radical (unpaired) electrons. The van der Waals surface area contributed by atoms with E-state index in [1.54, 1.807) is 0 Å². The van der Waals surface area contributed by atoms with Gasteiger partial charge in [0.05, 0.1) is 23.8 Å². The first-order valence-electron chi connectivity index (χ1n) is 6.47. The van der Waals surface area contributed by atoms with E-state index in [4.69, 9.17) is 11.6 Å². The van der Waals surface area contributed by atoms with Crippen molar-refractivity contribution in [2.45, 2.75) is 30.2 Å². The SMILES string of the molecule is CCC(CO)(CO)NC(=O)CCSc1ccccc1Cl. The van der Waals surface area contributed by atoms with Crippen LogP contribution in [0.4, 0.5) is 0 Å². The minimum atomic E-state index is -0.924. The Hall–Kier alpha value is -0.750. The molecule has 112 valence electrons. The molecule has 0 fully saturated rings. The molecule has 0 aromatic heterocycles. The molecule has 1 rings (SSSR count). The lowest BCUT2D eigenvalue weighted by Gasteiger charge is -2.29. The Morgan fingerprint density at radius 3 is 2.55 bits per heavy atom. The first kappa shape index (κ1) is 17.3. The Kier molecular flexibility index (Phi) is 7.37. The topological polar surface area (TPSA) is 69.6 Å². The third-order valence-corrected chi connectivity index (χ3v) is 4.63. The molecule has 0 saturated carbocycles. The number of aliphatic hydroxyl groups excluding tert-OH is 2. The van der Waals surface area contributed by atoms with E-state index in [1.807, 2.05) is 31.2 Å². The van der Waals surface area contributed by atoms with Gasteiger partial charge in [-0.3, -0.25) is 4.79 Å². The molecule has 0 heterocycles. The highest BCUT2D eigenvalue weighted by Crippen LogP contribution is 2.26. The van der Waals surface area contributed by atoms with Crippen LogP contribution in [-0.2, 0) is 4.79 Å².